The van der Waals surface area contributed by atoms with Gasteiger partial charge in [-0.3, -0.25) is 9.59 Å². The van der Waals surface area contributed by atoms with Crippen molar-refractivity contribution in [3.05, 3.63) is 23.8 Å². The molecular formula is C17H20N4O2S. The third-order valence-corrected chi connectivity index (χ3v) is 5.55. The van der Waals surface area contributed by atoms with Gasteiger partial charge in [0.2, 0.25) is 5.91 Å². The third kappa shape index (κ3) is 2.88. The molecule has 6 nitrogen and oxygen atoms in total. The highest BCUT2D eigenvalue weighted by Crippen LogP contribution is 2.23. The highest BCUT2D eigenvalue weighted by Gasteiger charge is 2.34. The standard InChI is InChI=1S/C17H20N4O2S/c22-16(12-4-5-14-15(10-12)19-24-18-14)21-9-6-13(11-21)17(23)20-7-2-1-3-8-20/h4-5,10,13H,1-3,6-9,11H2/t13-/m0/s1. The molecule has 0 unspecified atom stereocenters. The summed E-state index contributed by atoms with van der Waals surface area (Å²) in [5.74, 6) is 0.166. The maximum Gasteiger partial charge on any atom is 0.253 e. The minimum atomic E-state index is -0.0447. The molecule has 126 valence electrons. The summed E-state index contributed by atoms with van der Waals surface area (Å²) < 4.78 is 8.35. The Labute approximate surface area is 144 Å². The molecule has 2 aliphatic heterocycles. The summed E-state index contributed by atoms with van der Waals surface area (Å²) in [6, 6.07) is 5.42. The van der Waals surface area contributed by atoms with Crippen molar-refractivity contribution in [2.45, 2.75) is 25.7 Å². The lowest BCUT2D eigenvalue weighted by Crippen LogP contribution is -2.41. The largest absolute Gasteiger partial charge is 0.342 e. The molecule has 2 aliphatic rings. The Morgan fingerprint density at radius 1 is 1.00 bits per heavy atom. The third-order valence-electron chi connectivity index (χ3n) is 4.99. The zero-order chi connectivity index (χ0) is 16.5. The van der Waals surface area contributed by atoms with Crippen LogP contribution in [0.4, 0.5) is 0 Å². The van der Waals surface area contributed by atoms with Crippen LogP contribution in [-0.4, -0.2) is 56.5 Å². The molecule has 0 spiro atoms. The number of piperidine rings is 1. The zero-order valence-electron chi connectivity index (χ0n) is 13.5. The quantitative estimate of drug-likeness (QED) is 0.837. The van der Waals surface area contributed by atoms with Gasteiger partial charge in [-0.2, -0.15) is 8.75 Å². The first-order chi connectivity index (χ1) is 11.7. The van der Waals surface area contributed by atoms with Gasteiger partial charge in [-0.25, -0.2) is 0 Å². The summed E-state index contributed by atoms with van der Waals surface area (Å²) in [7, 11) is 0. The second-order valence-electron chi connectivity index (χ2n) is 6.59. The summed E-state index contributed by atoms with van der Waals surface area (Å²) in [5, 5.41) is 0. The van der Waals surface area contributed by atoms with Gasteiger partial charge in [0.25, 0.3) is 5.91 Å². The van der Waals surface area contributed by atoms with E-state index in [9.17, 15) is 9.59 Å². The van der Waals surface area contributed by atoms with E-state index in [1.54, 1.807) is 17.0 Å². The molecule has 0 N–H and O–H groups in total. The van der Waals surface area contributed by atoms with Crippen molar-refractivity contribution >= 4 is 34.6 Å². The molecule has 4 rings (SSSR count). The number of carbonyl (C=O) groups is 2. The minimum Gasteiger partial charge on any atom is -0.342 e. The van der Waals surface area contributed by atoms with E-state index >= 15 is 0 Å². The van der Waals surface area contributed by atoms with Crippen molar-refractivity contribution in [1.29, 1.82) is 0 Å². The van der Waals surface area contributed by atoms with Gasteiger partial charge in [-0.1, -0.05) is 0 Å². The Morgan fingerprint density at radius 3 is 2.62 bits per heavy atom. The molecule has 0 bridgehead atoms. The van der Waals surface area contributed by atoms with Crippen molar-refractivity contribution in [3.63, 3.8) is 0 Å². The van der Waals surface area contributed by atoms with Crippen LogP contribution in [0.3, 0.4) is 0 Å². The first-order valence-corrected chi connectivity index (χ1v) is 9.26. The van der Waals surface area contributed by atoms with E-state index in [2.05, 4.69) is 8.75 Å². The molecule has 2 saturated heterocycles. The van der Waals surface area contributed by atoms with Crippen LogP contribution in [-0.2, 0) is 4.79 Å². The summed E-state index contributed by atoms with van der Waals surface area (Å²) >= 11 is 1.15. The van der Waals surface area contributed by atoms with E-state index < -0.39 is 0 Å². The lowest BCUT2D eigenvalue weighted by atomic mass is 10.0. The molecule has 1 atom stereocenters. The van der Waals surface area contributed by atoms with Gasteiger partial charge in [0.05, 0.1) is 17.6 Å². The molecule has 2 amide bonds. The van der Waals surface area contributed by atoms with E-state index in [4.69, 9.17) is 0 Å². The van der Waals surface area contributed by atoms with E-state index in [1.165, 1.54) is 6.42 Å². The van der Waals surface area contributed by atoms with Crippen molar-refractivity contribution in [2.24, 2.45) is 5.92 Å². The van der Waals surface area contributed by atoms with Gasteiger partial charge >= 0.3 is 0 Å². The molecular weight excluding hydrogens is 324 g/mol. The number of amides is 2. The van der Waals surface area contributed by atoms with E-state index in [1.807, 2.05) is 11.0 Å². The van der Waals surface area contributed by atoms with Gasteiger partial charge < -0.3 is 9.80 Å². The molecule has 0 saturated carbocycles. The predicted octanol–water partition coefficient (Wildman–Crippen LogP) is 2.17. The molecule has 3 heterocycles. The minimum absolute atomic E-state index is 0.0150. The predicted molar refractivity (Wildman–Crippen MR) is 91.9 cm³/mol. The number of carbonyl (C=O) groups excluding carboxylic acids is 2. The first kappa shape index (κ1) is 15.5. The van der Waals surface area contributed by atoms with E-state index in [-0.39, 0.29) is 17.7 Å². The van der Waals surface area contributed by atoms with E-state index in [0.29, 0.717) is 18.7 Å². The van der Waals surface area contributed by atoms with Gasteiger partial charge in [-0.15, -0.1) is 0 Å². The maximum absolute atomic E-state index is 12.7. The molecule has 24 heavy (non-hydrogen) atoms. The lowest BCUT2D eigenvalue weighted by Gasteiger charge is -2.29. The van der Waals surface area contributed by atoms with Crippen LogP contribution >= 0.6 is 11.7 Å². The Hall–Kier alpha value is -2.02. The van der Waals surface area contributed by atoms with Crippen LogP contribution in [0, 0.1) is 5.92 Å². The Balaban J connectivity index is 1.43. The second-order valence-corrected chi connectivity index (χ2v) is 7.12. The first-order valence-electron chi connectivity index (χ1n) is 8.53. The summed E-state index contributed by atoms with van der Waals surface area (Å²) in [6.07, 6.45) is 4.18. The fourth-order valence-electron chi connectivity index (χ4n) is 3.62. The maximum atomic E-state index is 12.7. The smallest absolute Gasteiger partial charge is 0.253 e. The number of hydrogen-bond acceptors (Lipinski definition) is 5. The number of likely N-dealkylation sites (tertiary alicyclic amines) is 2. The summed E-state index contributed by atoms with van der Waals surface area (Å²) in [4.78, 5) is 29.1. The molecule has 0 radical (unpaired) electrons. The Morgan fingerprint density at radius 2 is 1.79 bits per heavy atom. The second kappa shape index (κ2) is 6.47. The molecule has 0 aliphatic carbocycles. The van der Waals surface area contributed by atoms with Crippen LogP contribution < -0.4 is 0 Å². The number of benzene rings is 1. The lowest BCUT2D eigenvalue weighted by molar-refractivity contribution is -0.135. The Kier molecular flexibility index (Phi) is 4.18. The zero-order valence-corrected chi connectivity index (χ0v) is 14.3. The van der Waals surface area contributed by atoms with Gasteiger partial charge in [0, 0.05) is 31.7 Å². The monoisotopic (exact) mass is 344 g/mol. The van der Waals surface area contributed by atoms with Crippen molar-refractivity contribution in [2.75, 3.05) is 26.2 Å². The molecule has 1 aromatic carbocycles. The highest BCUT2D eigenvalue weighted by molar-refractivity contribution is 7.00. The number of hydrogen-bond donors (Lipinski definition) is 0. The highest BCUT2D eigenvalue weighted by atomic mass is 32.1. The SMILES string of the molecule is O=C(c1ccc2nsnc2c1)N1CC[C@H](C(=O)N2CCCCC2)C1. The average Bonchev–Trinajstić information content (AvgIpc) is 3.30. The number of nitrogens with zero attached hydrogens (tertiary/aromatic N) is 4. The number of aromatic nitrogens is 2. The number of rotatable bonds is 2. The van der Waals surface area contributed by atoms with Crippen molar-refractivity contribution in [3.8, 4) is 0 Å². The fourth-order valence-corrected chi connectivity index (χ4v) is 4.13. The van der Waals surface area contributed by atoms with Crippen molar-refractivity contribution in [1.82, 2.24) is 18.5 Å². The van der Waals surface area contributed by atoms with Gasteiger partial charge in [0.15, 0.2) is 0 Å². The molecule has 2 fully saturated rings. The average molecular weight is 344 g/mol. The Bertz CT molecular complexity index is 769. The van der Waals surface area contributed by atoms with Gasteiger partial charge in [0.1, 0.15) is 11.0 Å². The molecule has 1 aromatic heterocycles. The normalized spacial score (nSPS) is 21.4. The van der Waals surface area contributed by atoms with Crippen LogP contribution in [0.25, 0.3) is 11.0 Å². The molecule has 7 heteroatoms. The van der Waals surface area contributed by atoms with Crippen LogP contribution in [0.15, 0.2) is 18.2 Å². The summed E-state index contributed by atoms with van der Waals surface area (Å²) in [6.45, 7) is 2.92. The molecule has 2 aromatic rings. The topological polar surface area (TPSA) is 66.4 Å². The number of fused-ring (bicyclic) bond motifs is 1. The van der Waals surface area contributed by atoms with Gasteiger partial charge in [-0.05, 0) is 43.9 Å². The van der Waals surface area contributed by atoms with Crippen molar-refractivity contribution < 1.29 is 9.59 Å². The summed E-state index contributed by atoms with van der Waals surface area (Å²) in [5.41, 5.74) is 2.20. The van der Waals surface area contributed by atoms with Crippen LogP contribution in [0.2, 0.25) is 0 Å². The van der Waals surface area contributed by atoms with Crippen LogP contribution in [0.1, 0.15) is 36.0 Å². The van der Waals surface area contributed by atoms with E-state index in [0.717, 1.165) is 55.1 Å². The van der Waals surface area contributed by atoms with Crippen LogP contribution in [0.5, 0.6) is 0 Å². The fraction of sp³-hybridized carbons (Fsp3) is 0.529.